The van der Waals surface area contributed by atoms with Gasteiger partial charge in [-0.1, -0.05) is 23.7 Å². The molecule has 0 aliphatic heterocycles. The van der Waals surface area contributed by atoms with E-state index in [1.165, 1.54) is 0 Å². The first kappa shape index (κ1) is 7.15. The zero-order valence-electron chi connectivity index (χ0n) is 4.47. The fraction of sp³-hybridized carbons (Fsp3) is 0. The van der Waals surface area contributed by atoms with Gasteiger partial charge in [-0.15, -0.1) is 0 Å². The third-order valence-electron chi connectivity index (χ3n) is 0.907. The van der Waals surface area contributed by atoms with Gasteiger partial charge in [0.25, 0.3) is 0 Å². The van der Waals surface area contributed by atoms with Crippen molar-refractivity contribution >= 4 is 32.8 Å². The monoisotopic (exact) mass is 254 g/mol. The predicted molar refractivity (Wildman–Crippen MR) is 44.9 cm³/mol. The Labute approximate surface area is 68.7 Å². The summed E-state index contributed by atoms with van der Waals surface area (Å²) in [7, 11) is 0. The molecule has 1 aromatic carbocycles. The van der Waals surface area contributed by atoms with E-state index in [1.54, 1.807) is 12.1 Å². The molecule has 1 rings (SSSR count). The topological polar surface area (TPSA) is 17.1 Å². The highest BCUT2D eigenvalue weighted by Crippen LogP contribution is 2.19. The summed E-state index contributed by atoms with van der Waals surface area (Å²) in [5, 5.41) is 0.611. The van der Waals surface area contributed by atoms with E-state index >= 15 is 0 Å². The second-order valence-corrected chi connectivity index (χ2v) is 3.50. The summed E-state index contributed by atoms with van der Waals surface area (Å²) in [5.41, 5.74) is 0. The van der Waals surface area contributed by atoms with E-state index in [-0.39, 0.29) is 0 Å². The molecule has 0 heterocycles. The summed E-state index contributed by atoms with van der Waals surface area (Å²) in [6.45, 7) is 0. The largest absolute Gasteiger partial charge is 0.265 e. The molecule has 0 unspecified atom stereocenters. The van der Waals surface area contributed by atoms with E-state index < -0.39 is 21.2 Å². The number of hydrogen-bond donors (Lipinski definition) is 0. The quantitative estimate of drug-likeness (QED) is 0.704. The van der Waals surface area contributed by atoms with E-state index in [0.717, 1.165) is 3.57 Å². The molecule has 0 saturated heterocycles. The van der Waals surface area contributed by atoms with Gasteiger partial charge in [0.05, 0.1) is 8.59 Å². The number of rotatable bonds is 1. The molecule has 0 radical (unpaired) electrons. The molecule has 0 spiro atoms. The fourth-order valence-electron chi connectivity index (χ4n) is 0.502. The van der Waals surface area contributed by atoms with E-state index in [9.17, 15) is 3.07 Å². The summed E-state index contributed by atoms with van der Waals surface area (Å²) in [6.07, 6.45) is 0. The molecule has 0 amide bonds. The van der Waals surface area contributed by atoms with Crippen LogP contribution in [0.25, 0.3) is 0 Å². The molecule has 0 aromatic heterocycles. The van der Waals surface area contributed by atoms with Crippen LogP contribution in [-0.2, 0) is 3.07 Å². The first-order valence-electron chi connectivity index (χ1n) is 2.36. The summed E-state index contributed by atoms with van der Waals surface area (Å²) in [5.74, 6) is 0. The average Bonchev–Trinajstić information content (AvgIpc) is 1.89. The van der Waals surface area contributed by atoms with Gasteiger partial charge >= 0.3 is 0 Å². The molecule has 0 atom stereocenters. The zero-order valence-corrected chi connectivity index (χ0v) is 7.39. The fourth-order valence-corrected chi connectivity index (χ4v) is 1.58. The van der Waals surface area contributed by atoms with Gasteiger partial charge in [-0.2, -0.15) is 0 Å². The number of halogens is 2. The minimum atomic E-state index is -1.09. The van der Waals surface area contributed by atoms with E-state index in [1.807, 2.05) is 12.1 Å². The number of benzene rings is 1. The molecule has 3 heteroatoms. The Kier molecular flexibility index (Phi) is 2.60. The van der Waals surface area contributed by atoms with Crippen LogP contribution in [0.1, 0.15) is 0 Å². The molecule has 1 aromatic rings. The van der Waals surface area contributed by atoms with E-state index in [2.05, 4.69) is 0 Å². The van der Waals surface area contributed by atoms with Gasteiger partial charge in [0.1, 0.15) is 0 Å². The molecule has 9 heavy (non-hydrogen) atoms. The van der Waals surface area contributed by atoms with Crippen molar-refractivity contribution in [3.63, 3.8) is 0 Å². The van der Waals surface area contributed by atoms with Gasteiger partial charge in [-0.3, -0.25) is 3.07 Å². The maximum Gasteiger partial charge on any atom is 0.183 e. The maximum absolute atomic E-state index is 10.4. The zero-order chi connectivity index (χ0) is 6.69. The van der Waals surface area contributed by atoms with Crippen molar-refractivity contribution in [3.05, 3.63) is 32.9 Å². The molecular formula is C6H4ClIO. The van der Waals surface area contributed by atoms with Crippen molar-refractivity contribution in [2.24, 2.45) is 0 Å². The summed E-state index contributed by atoms with van der Waals surface area (Å²) in [4.78, 5) is 0. The Bertz CT molecular complexity index is 224. The van der Waals surface area contributed by atoms with Crippen LogP contribution in [0.2, 0.25) is 5.02 Å². The molecule has 0 N–H and O–H groups in total. The lowest BCUT2D eigenvalue weighted by Gasteiger charge is -1.88. The third-order valence-corrected chi connectivity index (χ3v) is 2.97. The minimum Gasteiger partial charge on any atom is -0.265 e. The van der Waals surface area contributed by atoms with Crippen LogP contribution in [0.4, 0.5) is 0 Å². The van der Waals surface area contributed by atoms with Crippen LogP contribution < -0.4 is 0 Å². The van der Waals surface area contributed by atoms with E-state index in [4.69, 9.17) is 11.6 Å². The van der Waals surface area contributed by atoms with Crippen molar-refractivity contribution in [2.75, 3.05) is 0 Å². The smallest absolute Gasteiger partial charge is 0.183 e. The Balaban J connectivity index is 3.15. The van der Waals surface area contributed by atoms with Gasteiger partial charge in [0.15, 0.2) is 21.2 Å². The van der Waals surface area contributed by atoms with Crippen LogP contribution in [-0.4, -0.2) is 0 Å². The Hall–Kier alpha value is 0.0400. The van der Waals surface area contributed by atoms with Crippen molar-refractivity contribution < 1.29 is 3.07 Å². The predicted octanol–water partition coefficient (Wildman–Crippen LogP) is 2.83. The third kappa shape index (κ3) is 1.72. The standard InChI is InChI=1S/C6H4ClIO/c7-5-3-1-2-4-6(5)8-9/h1-4H. The lowest BCUT2D eigenvalue weighted by atomic mass is 10.4. The molecule has 48 valence electrons. The second-order valence-electron chi connectivity index (χ2n) is 1.49. The van der Waals surface area contributed by atoms with Crippen LogP contribution in [0.3, 0.4) is 0 Å². The molecule has 0 bridgehead atoms. The Morgan fingerprint density at radius 2 is 2.00 bits per heavy atom. The lowest BCUT2D eigenvalue weighted by molar-refractivity contribution is 0.648. The van der Waals surface area contributed by atoms with Gasteiger partial charge < -0.3 is 0 Å². The second kappa shape index (κ2) is 3.27. The van der Waals surface area contributed by atoms with Crippen LogP contribution in [0.15, 0.2) is 24.3 Å². The maximum atomic E-state index is 10.4. The van der Waals surface area contributed by atoms with Crippen LogP contribution in [0, 0.1) is 3.57 Å². The molecular weight excluding hydrogens is 250 g/mol. The van der Waals surface area contributed by atoms with Crippen molar-refractivity contribution in [1.82, 2.24) is 0 Å². The van der Waals surface area contributed by atoms with Crippen molar-refractivity contribution in [2.45, 2.75) is 0 Å². The van der Waals surface area contributed by atoms with Crippen molar-refractivity contribution in [1.29, 1.82) is 0 Å². The molecule has 0 fully saturated rings. The minimum absolute atomic E-state index is 0.611. The highest BCUT2D eigenvalue weighted by molar-refractivity contribution is 14.1. The first-order valence-corrected chi connectivity index (χ1v) is 4.70. The Morgan fingerprint density at radius 3 is 2.44 bits per heavy atom. The average molecular weight is 254 g/mol. The van der Waals surface area contributed by atoms with Crippen molar-refractivity contribution in [3.8, 4) is 0 Å². The van der Waals surface area contributed by atoms with Gasteiger partial charge in [0, 0.05) is 0 Å². The van der Waals surface area contributed by atoms with Crippen LogP contribution >= 0.6 is 32.8 Å². The van der Waals surface area contributed by atoms with Gasteiger partial charge in [0.2, 0.25) is 0 Å². The lowest BCUT2D eigenvalue weighted by Crippen LogP contribution is -1.69. The van der Waals surface area contributed by atoms with Gasteiger partial charge in [-0.05, 0) is 12.1 Å². The highest BCUT2D eigenvalue weighted by Gasteiger charge is 1.94. The normalized spacial score (nSPS) is 9.44. The number of hydrogen-bond acceptors (Lipinski definition) is 1. The first-order chi connectivity index (χ1) is 4.34. The van der Waals surface area contributed by atoms with E-state index in [0.29, 0.717) is 5.02 Å². The molecule has 0 aliphatic carbocycles. The summed E-state index contributed by atoms with van der Waals surface area (Å²) < 4.78 is 11.2. The summed E-state index contributed by atoms with van der Waals surface area (Å²) in [6, 6.07) is 7.18. The molecule has 0 aliphatic rings. The highest BCUT2D eigenvalue weighted by atomic mass is 127. The molecule has 1 nitrogen and oxygen atoms in total. The van der Waals surface area contributed by atoms with Gasteiger partial charge in [-0.25, -0.2) is 0 Å². The SMILES string of the molecule is O=Ic1ccccc1Cl. The summed E-state index contributed by atoms with van der Waals surface area (Å²) >= 11 is 4.56. The van der Waals surface area contributed by atoms with Crippen LogP contribution in [0.5, 0.6) is 0 Å². The molecule has 0 saturated carbocycles. The Morgan fingerprint density at radius 1 is 1.33 bits per heavy atom.